The van der Waals surface area contributed by atoms with E-state index in [1.807, 2.05) is 0 Å². The van der Waals surface area contributed by atoms with E-state index >= 15 is 0 Å². The molecule has 0 radical (unpaired) electrons. The first-order valence-corrected chi connectivity index (χ1v) is 7.39. The van der Waals surface area contributed by atoms with Crippen LogP contribution in [0.5, 0.6) is 0 Å². The number of hydrogen-bond acceptors (Lipinski definition) is 6. The number of carbonyl (C=O) groups excluding carboxylic acids is 2. The van der Waals surface area contributed by atoms with Crippen molar-refractivity contribution in [2.45, 2.75) is 37.4 Å². The van der Waals surface area contributed by atoms with Gasteiger partial charge in [0.2, 0.25) is 12.9 Å². The van der Waals surface area contributed by atoms with E-state index < -0.39 is 72.6 Å². The lowest BCUT2D eigenvalue weighted by Crippen LogP contribution is -2.35. The third-order valence-corrected chi connectivity index (χ3v) is 3.23. The van der Waals surface area contributed by atoms with Crippen LogP contribution in [0.15, 0.2) is 0 Å². The van der Waals surface area contributed by atoms with Gasteiger partial charge in [-0.15, -0.1) is 0 Å². The molecule has 0 aromatic rings. The SMILES string of the molecule is O=C(CC(C(=O)OCCC(F)F)S(=O)(=O)O)OCCC(F)F. The summed E-state index contributed by atoms with van der Waals surface area (Å²) in [6.45, 7) is -1.53. The fourth-order valence-corrected chi connectivity index (χ4v) is 1.78. The molecular formula is C10H14F4O7S. The molecular weight excluding hydrogens is 340 g/mol. The predicted molar refractivity (Wildman–Crippen MR) is 63.1 cm³/mol. The zero-order valence-corrected chi connectivity index (χ0v) is 11.9. The lowest BCUT2D eigenvalue weighted by atomic mass is 10.3. The molecule has 1 unspecified atom stereocenters. The average molecular weight is 354 g/mol. The number of hydrogen-bond donors (Lipinski definition) is 1. The van der Waals surface area contributed by atoms with Gasteiger partial charge in [-0.2, -0.15) is 8.42 Å². The van der Waals surface area contributed by atoms with Crippen LogP contribution in [-0.4, -0.2) is 56.2 Å². The Bertz CT molecular complexity index is 466. The fraction of sp³-hybridized carbons (Fsp3) is 0.800. The second-order valence-electron chi connectivity index (χ2n) is 3.96. The highest BCUT2D eigenvalue weighted by atomic mass is 32.2. The van der Waals surface area contributed by atoms with Crippen LogP contribution in [0.4, 0.5) is 17.6 Å². The van der Waals surface area contributed by atoms with Gasteiger partial charge in [-0.05, 0) is 0 Å². The third-order valence-electron chi connectivity index (χ3n) is 2.15. The number of esters is 2. The van der Waals surface area contributed by atoms with Crippen molar-refractivity contribution in [2.75, 3.05) is 13.2 Å². The highest BCUT2D eigenvalue weighted by Gasteiger charge is 2.35. The molecule has 0 rings (SSSR count). The standard InChI is InChI=1S/C10H14F4O7S/c11-7(12)1-3-20-9(15)5-6(22(17,18)19)10(16)21-4-2-8(13)14/h6-8H,1-5H2,(H,17,18,19). The molecule has 7 nitrogen and oxygen atoms in total. The van der Waals surface area contributed by atoms with Crippen molar-refractivity contribution >= 4 is 22.1 Å². The van der Waals surface area contributed by atoms with E-state index in [9.17, 15) is 35.6 Å². The van der Waals surface area contributed by atoms with Gasteiger partial charge in [0.05, 0.1) is 19.6 Å². The molecule has 0 fully saturated rings. The molecule has 22 heavy (non-hydrogen) atoms. The summed E-state index contributed by atoms with van der Waals surface area (Å²) in [5.41, 5.74) is 0. The molecule has 0 aliphatic rings. The van der Waals surface area contributed by atoms with Crippen LogP contribution in [-0.2, 0) is 29.2 Å². The lowest BCUT2D eigenvalue weighted by Gasteiger charge is -2.13. The van der Waals surface area contributed by atoms with E-state index in [0.717, 1.165) is 0 Å². The molecule has 1 atom stereocenters. The van der Waals surface area contributed by atoms with E-state index in [-0.39, 0.29) is 0 Å². The normalized spacial score (nSPS) is 13.2. The van der Waals surface area contributed by atoms with Gasteiger partial charge in [-0.25, -0.2) is 17.6 Å². The molecule has 12 heteroatoms. The first-order chi connectivity index (χ1) is 10.0. The minimum Gasteiger partial charge on any atom is -0.465 e. The van der Waals surface area contributed by atoms with Crippen LogP contribution in [0.2, 0.25) is 0 Å². The van der Waals surface area contributed by atoms with Crippen molar-refractivity contribution in [1.82, 2.24) is 0 Å². The zero-order chi connectivity index (χ0) is 17.3. The number of alkyl halides is 4. The maximum absolute atomic E-state index is 11.8. The molecule has 0 amide bonds. The molecule has 0 aromatic carbocycles. The highest BCUT2D eigenvalue weighted by Crippen LogP contribution is 2.10. The Morgan fingerprint density at radius 3 is 1.82 bits per heavy atom. The van der Waals surface area contributed by atoms with Gasteiger partial charge in [0.25, 0.3) is 10.1 Å². The van der Waals surface area contributed by atoms with Crippen LogP contribution in [0, 0.1) is 0 Å². The van der Waals surface area contributed by atoms with E-state index in [1.165, 1.54) is 0 Å². The minimum absolute atomic E-state index is 0.713. The molecule has 1 N–H and O–H groups in total. The Morgan fingerprint density at radius 1 is 0.955 bits per heavy atom. The van der Waals surface area contributed by atoms with Crippen LogP contribution in [0.25, 0.3) is 0 Å². The maximum atomic E-state index is 11.8. The van der Waals surface area contributed by atoms with E-state index in [0.29, 0.717) is 0 Å². The Hall–Kier alpha value is -1.43. The third kappa shape index (κ3) is 9.50. The molecule has 0 heterocycles. The summed E-state index contributed by atoms with van der Waals surface area (Å²) in [5.74, 6) is -2.96. The van der Waals surface area contributed by atoms with Crippen molar-refractivity contribution in [3.63, 3.8) is 0 Å². The molecule has 0 aliphatic carbocycles. The van der Waals surface area contributed by atoms with Crippen molar-refractivity contribution in [2.24, 2.45) is 0 Å². The maximum Gasteiger partial charge on any atom is 0.327 e. The quantitative estimate of drug-likeness (QED) is 0.355. The van der Waals surface area contributed by atoms with Crippen molar-refractivity contribution < 1.29 is 49.6 Å². The van der Waals surface area contributed by atoms with Crippen LogP contribution < -0.4 is 0 Å². The molecule has 0 aliphatic heterocycles. The number of carbonyl (C=O) groups is 2. The van der Waals surface area contributed by atoms with Crippen molar-refractivity contribution in [1.29, 1.82) is 0 Å². The van der Waals surface area contributed by atoms with E-state index in [1.54, 1.807) is 0 Å². The largest absolute Gasteiger partial charge is 0.465 e. The summed E-state index contributed by atoms with van der Waals surface area (Å²) in [7, 11) is -5.06. The lowest BCUT2D eigenvalue weighted by molar-refractivity contribution is -0.151. The monoisotopic (exact) mass is 354 g/mol. The van der Waals surface area contributed by atoms with Gasteiger partial charge in [0.1, 0.15) is 0 Å². The van der Waals surface area contributed by atoms with Gasteiger partial charge in [-0.1, -0.05) is 0 Å². The summed E-state index contributed by atoms with van der Waals surface area (Å²) >= 11 is 0. The Kier molecular flexibility index (Phi) is 8.94. The first-order valence-electron chi connectivity index (χ1n) is 5.89. The molecule has 0 aromatic heterocycles. The predicted octanol–water partition coefficient (Wildman–Crippen LogP) is 1.03. The first kappa shape index (κ1) is 20.6. The van der Waals surface area contributed by atoms with Gasteiger partial charge < -0.3 is 9.47 Å². The van der Waals surface area contributed by atoms with Gasteiger partial charge >= 0.3 is 11.9 Å². The second-order valence-corrected chi connectivity index (χ2v) is 5.55. The zero-order valence-electron chi connectivity index (χ0n) is 11.1. The van der Waals surface area contributed by atoms with Gasteiger partial charge in [0, 0.05) is 12.8 Å². The van der Waals surface area contributed by atoms with Crippen LogP contribution >= 0.6 is 0 Å². The summed E-state index contributed by atoms with van der Waals surface area (Å²) in [5, 5.41) is -2.37. The smallest absolute Gasteiger partial charge is 0.327 e. The number of ether oxygens (including phenoxy) is 2. The van der Waals surface area contributed by atoms with E-state index in [2.05, 4.69) is 9.47 Å². The molecule has 0 spiro atoms. The number of rotatable bonds is 10. The van der Waals surface area contributed by atoms with Crippen LogP contribution in [0.3, 0.4) is 0 Å². The molecule has 0 saturated carbocycles. The topological polar surface area (TPSA) is 107 Å². The minimum atomic E-state index is -5.06. The molecule has 130 valence electrons. The highest BCUT2D eigenvalue weighted by molar-refractivity contribution is 7.87. The van der Waals surface area contributed by atoms with Crippen LogP contribution in [0.1, 0.15) is 19.3 Å². The van der Waals surface area contributed by atoms with E-state index in [4.69, 9.17) is 4.55 Å². The average Bonchev–Trinajstić information content (AvgIpc) is 2.33. The summed E-state index contributed by atoms with van der Waals surface area (Å²) in [4.78, 5) is 22.6. The van der Waals surface area contributed by atoms with Crippen molar-refractivity contribution in [3.8, 4) is 0 Å². The Labute approximate surface area is 123 Å². The fourth-order valence-electron chi connectivity index (χ4n) is 1.12. The molecule has 0 bridgehead atoms. The second kappa shape index (κ2) is 9.56. The Balaban J connectivity index is 4.53. The Morgan fingerprint density at radius 2 is 1.41 bits per heavy atom. The molecule has 0 saturated heterocycles. The summed E-state index contributed by atoms with van der Waals surface area (Å²) in [6.07, 6.45) is -8.37. The van der Waals surface area contributed by atoms with Gasteiger partial charge in [-0.3, -0.25) is 14.1 Å². The summed E-state index contributed by atoms with van der Waals surface area (Å²) < 4.78 is 86.5. The number of halogens is 4. The van der Waals surface area contributed by atoms with Crippen molar-refractivity contribution in [3.05, 3.63) is 0 Å². The summed E-state index contributed by atoms with van der Waals surface area (Å²) in [6, 6.07) is 0. The van der Waals surface area contributed by atoms with Gasteiger partial charge in [0.15, 0.2) is 5.25 Å².